The van der Waals surface area contributed by atoms with Crippen LogP contribution in [-0.4, -0.2) is 34.6 Å². The Hall–Kier alpha value is -0.560. The normalized spacial score (nSPS) is 11.0. The molecule has 0 radical (unpaired) electrons. The second-order valence-electron chi connectivity index (χ2n) is 3.04. The van der Waals surface area contributed by atoms with Crippen LogP contribution in [0.3, 0.4) is 0 Å². The molecule has 8 heteroatoms. The zero-order chi connectivity index (χ0) is 14.2. The van der Waals surface area contributed by atoms with E-state index in [0.29, 0.717) is 0 Å². The van der Waals surface area contributed by atoms with Crippen molar-refractivity contribution in [2.24, 2.45) is 0 Å². The van der Waals surface area contributed by atoms with Gasteiger partial charge in [-0.2, -0.15) is 8.42 Å². The van der Waals surface area contributed by atoms with Gasteiger partial charge in [0.2, 0.25) is 0 Å². The highest BCUT2D eigenvalue weighted by molar-refractivity contribution is 7.86. The maximum Gasteiger partial charge on any atom is 0.329 e. The summed E-state index contributed by atoms with van der Waals surface area (Å²) < 4.78 is 35.1. The van der Waals surface area contributed by atoms with E-state index < -0.39 is 18.7 Å². The van der Waals surface area contributed by atoms with Crippen LogP contribution in [-0.2, 0) is 23.3 Å². The van der Waals surface area contributed by atoms with Gasteiger partial charge in [-0.3, -0.25) is 4.18 Å². The van der Waals surface area contributed by atoms with Gasteiger partial charge in [0.05, 0.1) is 12.0 Å². The number of rotatable bonds is 4. The predicted molar refractivity (Wildman–Crippen MR) is 68.5 cm³/mol. The first kappa shape index (κ1) is 17.4. The van der Waals surface area contributed by atoms with E-state index in [1.54, 1.807) is 12.1 Å². The Morgan fingerprint density at radius 3 is 1.78 bits per heavy atom. The number of aryl methyl sites for hydroxylation is 1. The SMILES string of the molecule is COP(O)OC.COS(=O)(=O)c1ccc(C)cc1. The Morgan fingerprint density at radius 1 is 1.06 bits per heavy atom. The van der Waals surface area contributed by atoms with Crippen LogP contribution in [0.1, 0.15) is 5.56 Å². The first-order valence-electron chi connectivity index (χ1n) is 4.82. The van der Waals surface area contributed by atoms with Crippen LogP contribution in [0.15, 0.2) is 29.2 Å². The summed E-state index contributed by atoms with van der Waals surface area (Å²) in [6.45, 7) is 1.89. The largest absolute Gasteiger partial charge is 0.329 e. The molecule has 104 valence electrons. The number of hydrogen-bond acceptors (Lipinski definition) is 6. The molecule has 1 N–H and O–H groups in total. The summed E-state index contributed by atoms with van der Waals surface area (Å²) in [7, 11) is -1.17. The van der Waals surface area contributed by atoms with E-state index in [-0.39, 0.29) is 4.90 Å². The molecule has 0 aliphatic rings. The van der Waals surface area contributed by atoms with Crippen molar-refractivity contribution in [1.82, 2.24) is 0 Å². The van der Waals surface area contributed by atoms with Crippen LogP contribution in [0, 0.1) is 6.92 Å². The molecule has 6 nitrogen and oxygen atoms in total. The van der Waals surface area contributed by atoms with Crippen LogP contribution in [0.25, 0.3) is 0 Å². The minimum absolute atomic E-state index is 0.190. The Morgan fingerprint density at radius 2 is 1.50 bits per heavy atom. The van der Waals surface area contributed by atoms with Crippen molar-refractivity contribution < 1.29 is 26.5 Å². The molecule has 0 spiro atoms. The van der Waals surface area contributed by atoms with E-state index in [2.05, 4.69) is 13.2 Å². The van der Waals surface area contributed by atoms with E-state index >= 15 is 0 Å². The van der Waals surface area contributed by atoms with E-state index in [4.69, 9.17) is 4.89 Å². The van der Waals surface area contributed by atoms with Crippen LogP contribution in [0.4, 0.5) is 0 Å². The van der Waals surface area contributed by atoms with Gasteiger partial charge in [-0.15, -0.1) is 0 Å². The first-order valence-corrected chi connectivity index (χ1v) is 7.35. The van der Waals surface area contributed by atoms with Crippen molar-refractivity contribution in [3.8, 4) is 0 Å². The van der Waals surface area contributed by atoms with Crippen LogP contribution in [0.5, 0.6) is 0 Å². The van der Waals surface area contributed by atoms with Gasteiger partial charge in [-0.25, -0.2) is 0 Å². The second kappa shape index (κ2) is 8.53. The molecule has 0 fully saturated rings. The van der Waals surface area contributed by atoms with Gasteiger partial charge in [0.15, 0.2) is 0 Å². The van der Waals surface area contributed by atoms with Crippen molar-refractivity contribution in [3.05, 3.63) is 29.8 Å². The Bertz CT molecular complexity index is 426. The molecule has 0 aliphatic heterocycles. The summed E-state index contributed by atoms with van der Waals surface area (Å²) in [5.74, 6) is 0. The van der Waals surface area contributed by atoms with Gasteiger partial charge < -0.3 is 13.9 Å². The molecule has 0 unspecified atom stereocenters. The molecule has 0 aromatic heterocycles. The molecule has 18 heavy (non-hydrogen) atoms. The van der Waals surface area contributed by atoms with Gasteiger partial charge in [0.1, 0.15) is 0 Å². The molecular weight excluding hydrogens is 279 g/mol. The summed E-state index contributed by atoms with van der Waals surface area (Å²) in [4.78, 5) is 8.48. The van der Waals surface area contributed by atoms with Crippen LogP contribution >= 0.6 is 8.60 Å². The molecule has 0 heterocycles. The summed E-state index contributed by atoms with van der Waals surface area (Å²) >= 11 is 0. The third-order valence-corrected chi connectivity index (χ3v) is 3.75. The third-order valence-electron chi connectivity index (χ3n) is 1.84. The van der Waals surface area contributed by atoms with E-state index in [0.717, 1.165) is 12.7 Å². The van der Waals surface area contributed by atoms with Gasteiger partial charge in [-0.05, 0) is 19.1 Å². The maximum atomic E-state index is 11.1. The van der Waals surface area contributed by atoms with Crippen LogP contribution in [0.2, 0.25) is 0 Å². The standard InChI is InChI=1S/C8H10O3S.C2H7O3P/c1-7-3-5-8(6-4-7)12(9,10)11-2;1-4-6(3)5-2/h3-6H,1-2H3;3H,1-2H3. The molecule has 1 rings (SSSR count). The van der Waals surface area contributed by atoms with Gasteiger partial charge >= 0.3 is 8.60 Å². The fraction of sp³-hybridized carbons (Fsp3) is 0.400. The Labute approximate surface area is 109 Å². The van der Waals surface area contributed by atoms with Crippen molar-refractivity contribution in [1.29, 1.82) is 0 Å². The van der Waals surface area contributed by atoms with E-state index in [1.165, 1.54) is 26.4 Å². The number of benzene rings is 1. The van der Waals surface area contributed by atoms with Crippen molar-refractivity contribution in [2.75, 3.05) is 21.3 Å². The number of hydrogen-bond donors (Lipinski definition) is 1. The Balaban J connectivity index is 0.000000411. The summed E-state index contributed by atoms with van der Waals surface area (Å²) in [5.41, 5.74) is 1.02. The molecule has 0 saturated carbocycles. The lowest BCUT2D eigenvalue weighted by Gasteiger charge is -2.00. The second-order valence-corrected chi connectivity index (χ2v) is 5.96. The highest BCUT2D eigenvalue weighted by Gasteiger charge is 2.10. The monoisotopic (exact) mass is 296 g/mol. The maximum absolute atomic E-state index is 11.1. The molecule has 0 aliphatic carbocycles. The molecule has 0 saturated heterocycles. The summed E-state index contributed by atoms with van der Waals surface area (Å²) in [6, 6.07) is 6.50. The zero-order valence-electron chi connectivity index (χ0n) is 10.7. The van der Waals surface area contributed by atoms with Gasteiger partial charge in [0.25, 0.3) is 10.1 Å². The van der Waals surface area contributed by atoms with Crippen molar-refractivity contribution in [3.63, 3.8) is 0 Å². The van der Waals surface area contributed by atoms with Crippen molar-refractivity contribution >= 4 is 18.7 Å². The minimum atomic E-state index is -3.51. The average molecular weight is 296 g/mol. The van der Waals surface area contributed by atoms with E-state index in [1.807, 2.05) is 6.92 Å². The quantitative estimate of drug-likeness (QED) is 0.674. The molecule has 1 aromatic rings. The Kier molecular flexibility index (Phi) is 8.26. The summed E-state index contributed by atoms with van der Waals surface area (Å²) in [6.07, 6.45) is 0. The van der Waals surface area contributed by atoms with E-state index in [9.17, 15) is 8.42 Å². The lowest BCUT2D eigenvalue weighted by molar-refractivity contribution is 0.271. The zero-order valence-corrected chi connectivity index (χ0v) is 12.4. The molecule has 1 aromatic carbocycles. The summed E-state index contributed by atoms with van der Waals surface area (Å²) in [5, 5.41) is 0. The van der Waals surface area contributed by atoms with Crippen molar-refractivity contribution in [2.45, 2.75) is 11.8 Å². The minimum Gasteiger partial charge on any atom is -0.328 e. The highest BCUT2D eigenvalue weighted by atomic mass is 32.2. The predicted octanol–water partition coefficient (Wildman–Crippen LogP) is 1.83. The van der Waals surface area contributed by atoms with Gasteiger partial charge in [0, 0.05) is 14.2 Å². The lowest BCUT2D eigenvalue weighted by atomic mass is 10.2. The average Bonchev–Trinajstić information content (AvgIpc) is 2.39. The fourth-order valence-electron chi connectivity index (χ4n) is 0.876. The van der Waals surface area contributed by atoms with Gasteiger partial charge in [-0.1, -0.05) is 17.7 Å². The fourth-order valence-corrected chi connectivity index (χ4v) is 1.69. The topological polar surface area (TPSA) is 82.1 Å². The lowest BCUT2D eigenvalue weighted by Crippen LogP contribution is -2.02. The third kappa shape index (κ3) is 6.39. The molecular formula is C10H17O6PS. The smallest absolute Gasteiger partial charge is 0.328 e. The first-order chi connectivity index (χ1) is 8.37. The molecule has 0 atom stereocenters. The molecule has 0 bridgehead atoms. The molecule has 0 amide bonds. The van der Waals surface area contributed by atoms with Crippen LogP contribution < -0.4 is 0 Å². The highest BCUT2D eigenvalue weighted by Crippen LogP contribution is 2.28.